The monoisotopic (exact) mass is 561 g/mol. The number of ether oxygens (including phenoxy) is 3. The van der Waals surface area contributed by atoms with Gasteiger partial charge in [0.1, 0.15) is 17.6 Å². The first-order valence-corrected chi connectivity index (χ1v) is 15.0. The van der Waals surface area contributed by atoms with E-state index in [4.69, 9.17) is 14.2 Å². The van der Waals surface area contributed by atoms with Gasteiger partial charge in [-0.15, -0.1) is 13.2 Å². The molecule has 2 bridgehead atoms. The van der Waals surface area contributed by atoms with Crippen molar-refractivity contribution >= 4 is 17.8 Å². The second-order valence-corrected chi connectivity index (χ2v) is 11.4. The highest BCUT2D eigenvalue weighted by molar-refractivity contribution is 5.98. The molecular weight excluding hydrogens is 514 g/mol. The van der Waals surface area contributed by atoms with Gasteiger partial charge < -0.3 is 29.1 Å². The SMILES string of the molecule is C=CCCCOC(=O)[C@H]1[C@H]2C(=O)N(CCCCO)C(C(=O)N(CC=C)CCN3CCOCC3)C23CC[C@]1(CC)O3. The van der Waals surface area contributed by atoms with Crippen molar-refractivity contribution in [2.75, 3.05) is 65.7 Å². The maximum absolute atomic E-state index is 14.4. The molecule has 1 spiro atoms. The third-order valence-electron chi connectivity index (χ3n) is 9.22. The summed E-state index contributed by atoms with van der Waals surface area (Å²) < 4.78 is 18.0. The third kappa shape index (κ3) is 5.73. The van der Waals surface area contributed by atoms with Gasteiger partial charge in [-0.05, 0) is 44.9 Å². The van der Waals surface area contributed by atoms with E-state index in [1.54, 1.807) is 22.0 Å². The minimum atomic E-state index is -1.08. The molecule has 4 aliphatic rings. The van der Waals surface area contributed by atoms with Gasteiger partial charge in [0.2, 0.25) is 11.8 Å². The number of fused-ring (bicyclic) bond motifs is 1. The Balaban J connectivity index is 1.63. The molecule has 10 nitrogen and oxygen atoms in total. The Morgan fingerprint density at radius 2 is 1.93 bits per heavy atom. The Morgan fingerprint density at radius 3 is 2.60 bits per heavy atom. The van der Waals surface area contributed by atoms with Crippen LogP contribution >= 0.6 is 0 Å². The molecule has 1 N–H and O–H groups in total. The average Bonchev–Trinajstić information content (AvgIpc) is 3.57. The Morgan fingerprint density at radius 1 is 1.15 bits per heavy atom. The summed E-state index contributed by atoms with van der Waals surface area (Å²) in [5.41, 5.74) is -1.89. The number of carbonyl (C=O) groups is 3. The van der Waals surface area contributed by atoms with Crippen LogP contribution in [0.5, 0.6) is 0 Å². The van der Waals surface area contributed by atoms with E-state index in [-0.39, 0.29) is 25.0 Å². The predicted octanol–water partition coefficient (Wildman–Crippen LogP) is 1.77. The molecule has 0 aromatic heterocycles. The number of nitrogens with zero attached hydrogens (tertiary/aromatic N) is 3. The summed E-state index contributed by atoms with van der Waals surface area (Å²) in [7, 11) is 0. The van der Waals surface area contributed by atoms with E-state index in [0.29, 0.717) is 77.9 Å². The van der Waals surface area contributed by atoms with Gasteiger partial charge in [0, 0.05) is 45.9 Å². The first kappa shape index (κ1) is 30.7. The number of allylic oxidation sites excluding steroid dienone is 1. The highest BCUT2D eigenvalue weighted by Gasteiger charge is 2.79. The number of hydrogen-bond acceptors (Lipinski definition) is 8. The van der Waals surface area contributed by atoms with E-state index in [9.17, 15) is 19.5 Å². The smallest absolute Gasteiger partial charge is 0.312 e. The number of aliphatic hydroxyl groups excluding tert-OH is 1. The van der Waals surface area contributed by atoms with E-state index < -0.39 is 35.0 Å². The van der Waals surface area contributed by atoms with Gasteiger partial charge in [0.05, 0.1) is 31.3 Å². The summed E-state index contributed by atoms with van der Waals surface area (Å²) in [6, 6.07) is -0.833. The molecule has 4 aliphatic heterocycles. The van der Waals surface area contributed by atoms with Gasteiger partial charge in [-0.25, -0.2) is 0 Å². The lowest BCUT2D eigenvalue weighted by atomic mass is 9.65. The normalized spacial score (nSPS) is 31.3. The highest BCUT2D eigenvalue weighted by Crippen LogP contribution is 2.64. The summed E-state index contributed by atoms with van der Waals surface area (Å²) >= 11 is 0. The van der Waals surface area contributed by atoms with Crippen molar-refractivity contribution in [2.45, 2.75) is 69.1 Å². The lowest BCUT2D eigenvalue weighted by molar-refractivity contribution is -0.162. The number of carbonyl (C=O) groups excluding carboxylic acids is 3. The second kappa shape index (κ2) is 13.6. The zero-order valence-corrected chi connectivity index (χ0v) is 24.1. The number of esters is 1. The molecule has 10 heteroatoms. The standard InChI is InChI=1S/C30H47N3O7/c1-4-7-10-20-39-28(37)24-23-26(35)33(14-8-9-19-34)25(30(23)12-11-29(24,6-3)40-30)27(36)32(13-5-2)16-15-31-17-21-38-22-18-31/h4-5,23-25,34H,1-2,6-22H2,3H3/t23-,24+,25?,29-,30?/m0/s1. The van der Waals surface area contributed by atoms with Gasteiger partial charge in [0.25, 0.3) is 0 Å². The molecule has 2 amide bonds. The molecule has 4 fully saturated rings. The fourth-order valence-electron chi connectivity index (χ4n) is 7.19. The minimum absolute atomic E-state index is 0.00641. The molecule has 5 atom stereocenters. The van der Waals surface area contributed by atoms with Crippen LogP contribution < -0.4 is 0 Å². The molecule has 0 saturated carbocycles. The van der Waals surface area contributed by atoms with Crippen molar-refractivity contribution in [3.05, 3.63) is 25.3 Å². The first-order chi connectivity index (χ1) is 19.4. The van der Waals surface area contributed by atoms with Crippen molar-refractivity contribution in [1.82, 2.24) is 14.7 Å². The number of morpholine rings is 1. The highest BCUT2D eigenvalue weighted by atomic mass is 16.6. The number of aliphatic hydroxyl groups is 1. The average molecular weight is 562 g/mol. The maximum Gasteiger partial charge on any atom is 0.312 e. The second-order valence-electron chi connectivity index (χ2n) is 11.4. The molecule has 4 heterocycles. The van der Waals surface area contributed by atoms with E-state index >= 15 is 0 Å². The van der Waals surface area contributed by atoms with Crippen LogP contribution in [-0.2, 0) is 28.6 Å². The van der Waals surface area contributed by atoms with Gasteiger partial charge in [-0.1, -0.05) is 19.1 Å². The van der Waals surface area contributed by atoms with Crippen LogP contribution in [0, 0.1) is 11.8 Å². The van der Waals surface area contributed by atoms with Gasteiger partial charge >= 0.3 is 5.97 Å². The summed E-state index contributed by atoms with van der Waals surface area (Å²) in [4.78, 5) is 47.8. The minimum Gasteiger partial charge on any atom is -0.465 e. The van der Waals surface area contributed by atoms with E-state index in [2.05, 4.69) is 18.1 Å². The Hall–Kier alpha value is -2.27. The fraction of sp³-hybridized carbons (Fsp3) is 0.767. The van der Waals surface area contributed by atoms with E-state index in [1.165, 1.54) is 0 Å². The zero-order chi connectivity index (χ0) is 28.8. The Bertz CT molecular complexity index is 938. The molecule has 40 heavy (non-hydrogen) atoms. The van der Waals surface area contributed by atoms with Crippen molar-refractivity contribution in [3.8, 4) is 0 Å². The number of unbranched alkanes of at least 4 members (excludes halogenated alkanes) is 2. The topological polar surface area (TPSA) is 109 Å². The molecule has 4 rings (SSSR count). The van der Waals surface area contributed by atoms with Crippen LogP contribution in [0.25, 0.3) is 0 Å². The number of likely N-dealkylation sites (tertiary alicyclic amines) is 1. The zero-order valence-electron chi connectivity index (χ0n) is 24.1. The van der Waals surface area contributed by atoms with Crippen LogP contribution in [0.4, 0.5) is 0 Å². The van der Waals surface area contributed by atoms with Gasteiger partial charge in [-0.2, -0.15) is 0 Å². The molecule has 224 valence electrons. The summed E-state index contributed by atoms with van der Waals surface area (Å²) in [5.74, 6) is -2.31. The van der Waals surface area contributed by atoms with Crippen LogP contribution in [0.3, 0.4) is 0 Å². The molecule has 0 aliphatic carbocycles. The maximum atomic E-state index is 14.4. The van der Waals surface area contributed by atoms with Crippen LogP contribution in [0.15, 0.2) is 25.3 Å². The third-order valence-corrected chi connectivity index (χ3v) is 9.22. The summed E-state index contributed by atoms with van der Waals surface area (Å²) in [5, 5.41) is 9.40. The lowest BCUT2D eigenvalue weighted by Crippen LogP contribution is -2.57. The van der Waals surface area contributed by atoms with Crippen molar-refractivity contribution < 1.29 is 33.7 Å². The predicted molar refractivity (Wildman–Crippen MR) is 149 cm³/mol. The lowest BCUT2D eigenvalue weighted by Gasteiger charge is -2.37. The fourth-order valence-corrected chi connectivity index (χ4v) is 7.19. The van der Waals surface area contributed by atoms with Crippen LogP contribution in [0.1, 0.15) is 51.9 Å². The number of hydrogen-bond donors (Lipinski definition) is 1. The van der Waals surface area contributed by atoms with E-state index in [0.717, 1.165) is 19.5 Å². The van der Waals surface area contributed by atoms with Crippen LogP contribution in [-0.4, -0.2) is 121 Å². The Labute approximate surface area is 238 Å². The van der Waals surface area contributed by atoms with Crippen LogP contribution in [0.2, 0.25) is 0 Å². The van der Waals surface area contributed by atoms with E-state index in [1.807, 2.05) is 6.92 Å². The van der Waals surface area contributed by atoms with Gasteiger partial charge in [-0.3, -0.25) is 19.3 Å². The molecule has 0 aromatic rings. The molecule has 2 unspecified atom stereocenters. The van der Waals surface area contributed by atoms with Crippen molar-refractivity contribution in [3.63, 3.8) is 0 Å². The molecule has 0 aromatic carbocycles. The van der Waals surface area contributed by atoms with Crippen molar-refractivity contribution in [2.24, 2.45) is 11.8 Å². The molecule has 4 saturated heterocycles. The summed E-state index contributed by atoms with van der Waals surface area (Å²) in [6.45, 7) is 14.7. The summed E-state index contributed by atoms with van der Waals surface area (Å²) in [6.07, 6.45) is 7.67. The number of amides is 2. The Kier molecular flexibility index (Phi) is 10.4. The first-order valence-electron chi connectivity index (χ1n) is 15.0. The molecule has 0 radical (unpaired) electrons. The largest absolute Gasteiger partial charge is 0.465 e. The van der Waals surface area contributed by atoms with Crippen molar-refractivity contribution in [1.29, 1.82) is 0 Å². The number of rotatable bonds is 16. The van der Waals surface area contributed by atoms with Gasteiger partial charge in [0.15, 0.2) is 0 Å². The molecular formula is C30H47N3O7. The quantitative estimate of drug-likeness (QED) is 0.173.